The molecule has 1 saturated carbocycles. The fourth-order valence-corrected chi connectivity index (χ4v) is 8.13. The van der Waals surface area contributed by atoms with Crippen molar-refractivity contribution in [1.82, 2.24) is 9.88 Å². The third kappa shape index (κ3) is 6.84. The van der Waals surface area contributed by atoms with E-state index in [0.29, 0.717) is 59.5 Å². The van der Waals surface area contributed by atoms with Crippen LogP contribution in [0.3, 0.4) is 0 Å². The van der Waals surface area contributed by atoms with E-state index in [2.05, 4.69) is 15.6 Å². The standard InChI is InChI=1S/C38H36FN5O5S/c1-44-21-26-18-27(10-15-34(26)50(47,48)29-11-12-29)42-35(45)16-8-24-17-25(7-14-33(24)49-22-23-5-3-2-4-6-23)36(38(44)46)43-28-9-13-30-31(19-28)32(39)20-41-37(30)40/h2-7,9-10,13-15,17-20,29,36,43H,8,11-12,16,21-22H2,1H3,(H2,40,41)(H,42,45). The van der Waals surface area contributed by atoms with Crippen molar-refractivity contribution >= 4 is 49.6 Å². The molecule has 4 bridgehead atoms. The summed E-state index contributed by atoms with van der Waals surface area (Å²) in [5.74, 6) is -0.413. The van der Waals surface area contributed by atoms with Crippen molar-refractivity contribution < 1.29 is 27.1 Å². The largest absolute Gasteiger partial charge is 0.489 e. The number of amides is 2. The second kappa shape index (κ2) is 13.4. The number of fused-ring (bicyclic) bond motifs is 5. The molecule has 1 unspecified atom stereocenters. The maximum absolute atomic E-state index is 14.9. The highest BCUT2D eigenvalue weighted by atomic mass is 32.2. The molecule has 7 rings (SSSR count). The summed E-state index contributed by atoms with van der Waals surface area (Å²) >= 11 is 0. The van der Waals surface area contributed by atoms with Gasteiger partial charge in [-0.3, -0.25) is 9.59 Å². The van der Waals surface area contributed by atoms with Crippen molar-refractivity contribution in [3.8, 4) is 5.75 Å². The van der Waals surface area contributed by atoms with Gasteiger partial charge in [0.05, 0.1) is 16.3 Å². The molecule has 0 radical (unpaired) electrons. The van der Waals surface area contributed by atoms with Crippen LogP contribution < -0.4 is 21.1 Å². The maximum atomic E-state index is 14.9. The molecule has 1 atom stereocenters. The smallest absolute Gasteiger partial charge is 0.249 e. The first kappa shape index (κ1) is 33.0. The maximum Gasteiger partial charge on any atom is 0.249 e. The van der Waals surface area contributed by atoms with Gasteiger partial charge in [0.2, 0.25) is 11.8 Å². The quantitative estimate of drug-likeness (QED) is 0.184. The summed E-state index contributed by atoms with van der Waals surface area (Å²) in [7, 11) is -2.02. The van der Waals surface area contributed by atoms with Gasteiger partial charge in [-0.1, -0.05) is 36.4 Å². The summed E-state index contributed by atoms with van der Waals surface area (Å²) in [5, 5.41) is 6.42. The number of ether oxygens (including phenoxy) is 1. The summed E-state index contributed by atoms with van der Waals surface area (Å²) in [6.45, 7) is 0.268. The van der Waals surface area contributed by atoms with Crippen molar-refractivity contribution in [1.29, 1.82) is 0 Å². The molecule has 4 aromatic carbocycles. The van der Waals surface area contributed by atoms with Gasteiger partial charge in [-0.2, -0.15) is 0 Å². The van der Waals surface area contributed by atoms with Crippen LogP contribution in [0.15, 0.2) is 96.0 Å². The van der Waals surface area contributed by atoms with Crippen molar-refractivity contribution in [3.63, 3.8) is 0 Å². The lowest BCUT2D eigenvalue weighted by molar-refractivity contribution is -0.131. The highest BCUT2D eigenvalue weighted by Crippen LogP contribution is 2.37. The average molecular weight is 694 g/mol. The van der Waals surface area contributed by atoms with Gasteiger partial charge in [0.25, 0.3) is 0 Å². The monoisotopic (exact) mass is 693 g/mol. The van der Waals surface area contributed by atoms with E-state index in [1.165, 1.54) is 11.0 Å². The zero-order valence-electron chi connectivity index (χ0n) is 27.4. The van der Waals surface area contributed by atoms with Crippen molar-refractivity contribution in [2.24, 2.45) is 0 Å². The van der Waals surface area contributed by atoms with Crippen molar-refractivity contribution in [2.45, 2.75) is 55.0 Å². The molecule has 1 aromatic heterocycles. The number of halogens is 1. The van der Waals surface area contributed by atoms with Gasteiger partial charge in [-0.05, 0) is 90.0 Å². The number of nitrogen functional groups attached to an aromatic ring is 1. The van der Waals surface area contributed by atoms with Crippen molar-refractivity contribution in [3.05, 3.63) is 119 Å². The number of hydrogen-bond acceptors (Lipinski definition) is 8. The molecular weight excluding hydrogens is 658 g/mol. The minimum Gasteiger partial charge on any atom is -0.489 e. The Morgan fingerprint density at radius 3 is 2.54 bits per heavy atom. The molecule has 0 spiro atoms. The number of nitrogens with two attached hydrogens (primary N) is 1. The Kier molecular flexibility index (Phi) is 8.87. The number of sulfone groups is 1. The summed E-state index contributed by atoms with van der Waals surface area (Å²) < 4.78 is 48.0. The van der Waals surface area contributed by atoms with Crippen LogP contribution in [0.25, 0.3) is 10.8 Å². The molecule has 2 heterocycles. The Bertz CT molecular complexity index is 2230. The molecule has 0 saturated heterocycles. The Morgan fingerprint density at radius 2 is 1.76 bits per heavy atom. The number of nitrogens with zero attached hydrogens (tertiary/aromatic N) is 2. The number of carbonyl (C=O) groups is 2. The predicted octanol–water partition coefficient (Wildman–Crippen LogP) is 6.17. The molecule has 256 valence electrons. The van der Waals surface area contributed by atoms with E-state index in [0.717, 1.165) is 17.3 Å². The first-order chi connectivity index (χ1) is 24.1. The normalized spacial score (nSPS) is 16.8. The number of carbonyl (C=O) groups excluding carboxylic acids is 2. The number of hydrogen-bond donors (Lipinski definition) is 3. The van der Waals surface area contributed by atoms with Crippen LogP contribution >= 0.6 is 0 Å². The van der Waals surface area contributed by atoms with Crippen molar-refractivity contribution in [2.75, 3.05) is 23.4 Å². The number of aromatic nitrogens is 1. The average Bonchev–Trinajstić information content (AvgIpc) is 3.97. The van der Waals surface area contributed by atoms with E-state index in [1.54, 1.807) is 49.5 Å². The van der Waals surface area contributed by atoms with Gasteiger partial charge < -0.3 is 26.0 Å². The van der Waals surface area contributed by atoms with Gasteiger partial charge in [0, 0.05) is 42.2 Å². The highest BCUT2D eigenvalue weighted by Gasteiger charge is 2.38. The fourth-order valence-electron chi connectivity index (χ4n) is 6.27. The highest BCUT2D eigenvalue weighted by molar-refractivity contribution is 7.92. The molecule has 1 aliphatic heterocycles. The van der Waals surface area contributed by atoms with E-state index in [1.807, 2.05) is 36.4 Å². The van der Waals surface area contributed by atoms with Gasteiger partial charge in [0.1, 0.15) is 30.0 Å². The van der Waals surface area contributed by atoms with Crippen LogP contribution in [-0.4, -0.2) is 42.4 Å². The van der Waals surface area contributed by atoms with Gasteiger partial charge >= 0.3 is 0 Å². The zero-order valence-corrected chi connectivity index (χ0v) is 28.2. The summed E-state index contributed by atoms with van der Waals surface area (Å²) in [6.07, 6.45) is 2.63. The van der Waals surface area contributed by atoms with Crippen LogP contribution in [0.5, 0.6) is 5.75 Å². The van der Waals surface area contributed by atoms with Gasteiger partial charge in [0.15, 0.2) is 9.84 Å². The Morgan fingerprint density at radius 1 is 0.960 bits per heavy atom. The van der Waals surface area contributed by atoms with Crippen LogP contribution in [-0.2, 0) is 39.0 Å². The molecular formula is C38H36FN5O5S. The third-order valence-corrected chi connectivity index (χ3v) is 11.5. The fraction of sp³-hybridized carbons (Fsp3) is 0.237. The number of nitrogens with one attached hydrogen (secondary N) is 2. The van der Waals surface area contributed by atoms with E-state index in [-0.39, 0.29) is 40.9 Å². The molecule has 2 aliphatic rings. The Hall–Kier alpha value is -5.49. The predicted molar refractivity (Wildman–Crippen MR) is 190 cm³/mol. The third-order valence-electron chi connectivity index (χ3n) is 9.10. The number of benzene rings is 4. The lowest BCUT2D eigenvalue weighted by atomic mass is 9.98. The molecule has 10 nitrogen and oxygen atoms in total. The van der Waals surface area contributed by atoms with E-state index in [4.69, 9.17) is 10.5 Å². The SMILES string of the molecule is CN1Cc2cc(ccc2S(=O)(=O)C2CC2)NC(=O)CCc2cc(ccc2OCc2ccccc2)C(Nc2ccc3c(N)ncc(F)c3c2)C1=O. The van der Waals surface area contributed by atoms with Crippen LogP contribution in [0.4, 0.5) is 21.6 Å². The van der Waals surface area contributed by atoms with E-state index >= 15 is 0 Å². The summed E-state index contributed by atoms with van der Waals surface area (Å²) in [6, 6.07) is 23.8. The first-order valence-corrected chi connectivity index (χ1v) is 17.9. The topological polar surface area (TPSA) is 144 Å². The number of rotatable bonds is 7. The molecule has 2 amide bonds. The molecule has 12 heteroatoms. The summed E-state index contributed by atoms with van der Waals surface area (Å²) in [5.41, 5.74) is 9.58. The van der Waals surface area contributed by atoms with Crippen LogP contribution in [0.1, 0.15) is 47.6 Å². The molecule has 4 N–H and O–H groups in total. The summed E-state index contributed by atoms with van der Waals surface area (Å²) in [4.78, 5) is 33.2. The van der Waals surface area contributed by atoms with Crippen LogP contribution in [0.2, 0.25) is 0 Å². The van der Waals surface area contributed by atoms with Crippen LogP contribution in [0, 0.1) is 5.82 Å². The second-order valence-corrected chi connectivity index (χ2v) is 15.0. The lowest BCUT2D eigenvalue weighted by Gasteiger charge is -2.28. The second-order valence-electron chi connectivity index (χ2n) is 12.8. The molecule has 1 fully saturated rings. The van der Waals surface area contributed by atoms with Gasteiger partial charge in [-0.15, -0.1) is 0 Å². The number of anilines is 3. The number of aryl methyl sites for hydroxylation is 1. The Labute approximate surface area is 289 Å². The Balaban J connectivity index is 1.30. The van der Waals surface area contributed by atoms with E-state index in [9.17, 15) is 22.4 Å². The lowest BCUT2D eigenvalue weighted by Crippen LogP contribution is -2.35. The number of likely N-dealkylation sites (N-methyl/N-ethyl adjacent to an activating group) is 1. The first-order valence-electron chi connectivity index (χ1n) is 16.4. The number of pyridine rings is 1. The minimum atomic E-state index is -3.62. The molecule has 5 aromatic rings. The zero-order chi connectivity index (χ0) is 35.0. The molecule has 50 heavy (non-hydrogen) atoms. The van der Waals surface area contributed by atoms with Gasteiger partial charge in [-0.25, -0.2) is 17.8 Å². The molecule has 1 aliphatic carbocycles. The minimum absolute atomic E-state index is 0.0400. The van der Waals surface area contributed by atoms with E-state index < -0.39 is 26.9 Å².